The summed E-state index contributed by atoms with van der Waals surface area (Å²) >= 11 is 0. The molecule has 0 heterocycles. The molecule has 126 valence electrons. The van der Waals surface area contributed by atoms with E-state index < -0.39 is 10.0 Å². The topological polar surface area (TPSA) is 90.7 Å². The van der Waals surface area contributed by atoms with Gasteiger partial charge in [0.25, 0.3) is 0 Å². The van der Waals surface area contributed by atoms with Crippen LogP contribution in [0, 0.1) is 12.8 Å². The van der Waals surface area contributed by atoms with Crippen LogP contribution in [0.4, 0.5) is 0 Å². The summed E-state index contributed by atoms with van der Waals surface area (Å²) in [5, 5.41) is 0. The first kappa shape index (κ1) is 19.0. The molecule has 1 saturated carbocycles. The summed E-state index contributed by atoms with van der Waals surface area (Å²) in [7, 11) is -0.630. The lowest BCUT2D eigenvalue weighted by Crippen LogP contribution is -2.38. The Bertz CT molecular complexity index is 618. The van der Waals surface area contributed by atoms with E-state index in [2.05, 4.69) is 4.72 Å². The molecule has 22 heavy (non-hydrogen) atoms. The molecule has 1 aliphatic carbocycles. The number of benzene rings is 1. The monoisotopic (exact) mass is 350 g/mol. The van der Waals surface area contributed by atoms with Crippen LogP contribution < -0.4 is 19.9 Å². The van der Waals surface area contributed by atoms with Crippen LogP contribution in [0.5, 0.6) is 11.5 Å². The van der Waals surface area contributed by atoms with Crippen molar-refractivity contribution < 1.29 is 17.9 Å². The predicted octanol–water partition coefficient (Wildman–Crippen LogP) is 1.45. The molecule has 0 saturated heterocycles. The Morgan fingerprint density at radius 1 is 1.27 bits per heavy atom. The van der Waals surface area contributed by atoms with Gasteiger partial charge in [-0.1, -0.05) is 0 Å². The van der Waals surface area contributed by atoms with Crippen molar-refractivity contribution in [2.75, 3.05) is 20.8 Å². The highest BCUT2D eigenvalue weighted by Crippen LogP contribution is 2.33. The molecule has 0 aromatic heterocycles. The maximum Gasteiger partial charge on any atom is 0.241 e. The molecule has 0 spiro atoms. The van der Waals surface area contributed by atoms with Gasteiger partial charge in [-0.25, -0.2) is 13.1 Å². The van der Waals surface area contributed by atoms with E-state index in [0.717, 1.165) is 12.8 Å². The van der Waals surface area contributed by atoms with Crippen molar-refractivity contribution >= 4 is 22.4 Å². The van der Waals surface area contributed by atoms with Crippen molar-refractivity contribution in [1.29, 1.82) is 0 Å². The van der Waals surface area contributed by atoms with E-state index in [1.807, 2.05) is 0 Å². The van der Waals surface area contributed by atoms with Crippen molar-refractivity contribution in [3.05, 3.63) is 17.7 Å². The summed E-state index contributed by atoms with van der Waals surface area (Å²) in [4.78, 5) is 0.183. The Kier molecular flexibility index (Phi) is 6.49. The van der Waals surface area contributed by atoms with Crippen molar-refractivity contribution in [3.8, 4) is 11.5 Å². The number of nitrogens with one attached hydrogen (secondary N) is 1. The summed E-state index contributed by atoms with van der Waals surface area (Å²) in [6.45, 7) is 1.97. The molecule has 1 atom stereocenters. The maximum absolute atomic E-state index is 12.4. The molecule has 0 bridgehead atoms. The standard InChI is InChI=1S/C14H22N2O4S.ClH/c1-9-6-12(19-2)13(20-3)7-14(9)21(17,18)16-8-11(15)10-4-5-10;/h6-7,10-11,16H,4-5,8,15H2,1-3H3;1H. The van der Waals surface area contributed by atoms with Crippen LogP contribution in [-0.4, -0.2) is 35.2 Å². The molecule has 3 N–H and O–H groups in total. The van der Waals surface area contributed by atoms with Gasteiger partial charge in [0.2, 0.25) is 10.0 Å². The number of nitrogens with two attached hydrogens (primary N) is 1. The summed E-state index contributed by atoms with van der Waals surface area (Å²) in [6, 6.07) is 2.99. The number of aryl methyl sites for hydroxylation is 1. The van der Waals surface area contributed by atoms with Gasteiger partial charge in [-0.15, -0.1) is 12.4 Å². The van der Waals surface area contributed by atoms with Gasteiger partial charge in [0.1, 0.15) is 0 Å². The van der Waals surface area contributed by atoms with Gasteiger partial charge >= 0.3 is 0 Å². The Morgan fingerprint density at radius 3 is 2.32 bits per heavy atom. The van der Waals surface area contributed by atoms with Crippen LogP contribution in [0.2, 0.25) is 0 Å². The fourth-order valence-corrected chi connectivity index (χ4v) is 3.54. The van der Waals surface area contributed by atoms with Crippen LogP contribution in [-0.2, 0) is 10.0 Å². The average molecular weight is 351 g/mol. The van der Waals surface area contributed by atoms with E-state index in [1.165, 1.54) is 20.3 Å². The SMILES string of the molecule is COc1cc(C)c(S(=O)(=O)NCC(N)C2CC2)cc1OC.Cl. The average Bonchev–Trinajstić information content (AvgIpc) is 3.28. The molecule has 6 nitrogen and oxygen atoms in total. The van der Waals surface area contributed by atoms with E-state index in [1.54, 1.807) is 13.0 Å². The number of methoxy groups -OCH3 is 2. The second-order valence-corrected chi connectivity index (χ2v) is 7.06. The minimum atomic E-state index is -3.61. The third kappa shape index (κ3) is 4.25. The summed E-state index contributed by atoms with van der Waals surface area (Å²) in [5.41, 5.74) is 6.53. The first-order chi connectivity index (χ1) is 9.89. The number of sulfonamides is 1. The Balaban J connectivity index is 0.00000242. The van der Waals surface area contributed by atoms with Gasteiger partial charge in [0, 0.05) is 18.7 Å². The summed E-state index contributed by atoms with van der Waals surface area (Å²) < 4.78 is 37.7. The predicted molar refractivity (Wildman–Crippen MR) is 87.4 cm³/mol. The third-order valence-electron chi connectivity index (χ3n) is 3.71. The lowest BCUT2D eigenvalue weighted by molar-refractivity contribution is 0.353. The van der Waals surface area contributed by atoms with Crippen LogP contribution in [0.1, 0.15) is 18.4 Å². The van der Waals surface area contributed by atoms with Gasteiger partial charge in [-0.3, -0.25) is 0 Å². The van der Waals surface area contributed by atoms with Gasteiger partial charge in [0.05, 0.1) is 19.1 Å². The van der Waals surface area contributed by atoms with E-state index in [9.17, 15) is 8.42 Å². The molecular formula is C14H23ClN2O4S. The first-order valence-electron chi connectivity index (χ1n) is 6.87. The minimum Gasteiger partial charge on any atom is -0.493 e. The molecular weight excluding hydrogens is 328 g/mol. The Morgan fingerprint density at radius 2 is 1.82 bits per heavy atom. The maximum atomic E-state index is 12.4. The second-order valence-electron chi connectivity index (χ2n) is 5.33. The van der Waals surface area contributed by atoms with Crippen molar-refractivity contribution in [1.82, 2.24) is 4.72 Å². The van der Waals surface area contributed by atoms with E-state index >= 15 is 0 Å². The van der Waals surface area contributed by atoms with Crippen molar-refractivity contribution in [2.45, 2.75) is 30.7 Å². The molecule has 0 amide bonds. The third-order valence-corrected chi connectivity index (χ3v) is 5.27. The van der Waals surface area contributed by atoms with Crippen LogP contribution in [0.15, 0.2) is 17.0 Å². The molecule has 0 aliphatic heterocycles. The molecule has 8 heteroatoms. The normalized spacial score (nSPS) is 15.8. The molecule has 2 rings (SSSR count). The smallest absolute Gasteiger partial charge is 0.241 e. The van der Waals surface area contributed by atoms with E-state index in [0.29, 0.717) is 23.0 Å². The minimum absolute atomic E-state index is 0. The fourth-order valence-electron chi connectivity index (χ4n) is 2.23. The van der Waals surface area contributed by atoms with Gasteiger partial charge in [-0.2, -0.15) is 0 Å². The number of ether oxygens (including phenoxy) is 2. The fraction of sp³-hybridized carbons (Fsp3) is 0.571. The van der Waals surface area contributed by atoms with Crippen LogP contribution in [0.3, 0.4) is 0 Å². The van der Waals surface area contributed by atoms with E-state index in [4.69, 9.17) is 15.2 Å². The molecule has 1 aromatic rings. The van der Waals surface area contributed by atoms with Gasteiger partial charge in [-0.05, 0) is 37.3 Å². The number of hydrogen-bond donors (Lipinski definition) is 2. The zero-order valence-corrected chi connectivity index (χ0v) is 14.6. The first-order valence-corrected chi connectivity index (χ1v) is 8.35. The summed E-state index contributed by atoms with van der Waals surface area (Å²) in [6.07, 6.45) is 2.16. The molecule has 1 unspecified atom stereocenters. The zero-order chi connectivity index (χ0) is 15.6. The lowest BCUT2D eigenvalue weighted by Gasteiger charge is -2.15. The molecule has 0 radical (unpaired) electrons. The highest BCUT2D eigenvalue weighted by Gasteiger charge is 2.30. The summed E-state index contributed by atoms with van der Waals surface area (Å²) in [5.74, 6) is 1.33. The van der Waals surface area contributed by atoms with E-state index in [-0.39, 0.29) is 29.9 Å². The highest BCUT2D eigenvalue weighted by atomic mass is 35.5. The molecule has 1 aliphatic rings. The van der Waals surface area contributed by atoms with Crippen LogP contribution in [0.25, 0.3) is 0 Å². The zero-order valence-electron chi connectivity index (χ0n) is 13.0. The van der Waals surface area contributed by atoms with Gasteiger partial charge in [0.15, 0.2) is 11.5 Å². The Hall–Kier alpha value is -1.02. The van der Waals surface area contributed by atoms with Gasteiger partial charge < -0.3 is 15.2 Å². The number of hydrogen-bond acceptors (Lipinski definition) is 5. The second kappa shape index (κ2) is 7.50. The quantitative estimate of drug-likeness (QED) is 0.776. The largest absolute Gasteiger partial charge is 0.493 e. The van der Waals surface area contributed by atoms with Crippen LogP contribution >= 0.6 is 12.4 Å². The number of halogens is 1. The number of rotatable bonds is 7. The highest BCUT2D eigenvalue weighted by molar-refractivity contribution is 7.89. The van der Waals surface area contributed by atoms with Crippen molar-refractivity contribution in [3.63, 3.8) is 0 Å². The molecule has 1 aromatic carbocycles. The Labute approximate surface area is 137 Å². The van der Waals surface area contributed by atoms with Crippen molar-refractivity contribution in [2.24, 2.45) is 11.7 Å². The lowest BCUT2D eigenvalue weighted by atomic mass is 10.2. The molecule has 1 fully saturated rings.